The molecule has 3 rings (SSSR count). The van der Waals surface area contributed by atoms with Gasteiger partial charge in [0, 0.05) is 38.1 Å². The Hall–Kier alpha value is -2.52. The van der Waals surface area contributed by atoms with Crippen molar-refractivity contribution in [2.75, 3.05) is 31.1 Å². The minimum atomic E-state index is -0.942. The number of anilines is 1. The lowest BCUT2D eigenvalue weighted by Crippen LogP contribution is -2.52. The fraction of sp³-hybridized carbons (Fsp3) is 0.455. The van der Waals surface area contributed by atoms with E-state index in [-0.39, 0.29) is 12.2 Å². The molecule has 2 N–H and O–H groups in total. The van der Waals surface area contributed by atoms with Crippen LogP contribution in [-0.2, 0) is 11.3 Å². The maximum atomic E-state index is 12.6. The van der Waals surface area contributed by atoms with Crippen LogP contribution in [0.3, 0.4) is 0 Å². The van der Waals surface area contributed by atoms with Crippen molar-refractivity contribution in [1.82, 2.24) is 14.9 Å². The van der Waals surface area contributed by atoms with Crippen LogP contribution in [0.5, 0.6) is 0 Å². The van der Waals surface area contributed by atoms with Gasteiger partial charge in [0.15, 0.2) is 0 Å². The molecule has 0 aliphatic carbocycles. The van der Waals surface area contributed by atoms with Crippen molar-refractivity contribution >= 4 is 11.6 Å². The van der Waals surface area contributed by atoms with Gasteiger partial charge >= 0.3 is 0 Å². The summed E-state index contributed by atoms with van der Waals surface area (Å²) in [6.45, 7) is 8.42. The second-order valence-electron chi connectivity index (χ2n) is 8.33. The first-order chi connectivity index (χ1) is 14.2. The number of aliphatic hydroxyl groups excluding tert-OH is 1. The molecule has 0 saturated carbocycles. The molecule has 1 aromatic heterocycles. The summed E-state index contributed by atoms with van der Waals surface area (Å²) in [5, 5.41) is 21.1. The maximum Gasteiger partial charge on any atom is 0.296 e. The summed E-state index contributed by atoms with van der Waals surface area (Å²) in [5.41, 5.74) is 1.45. The maximum absolute atomic E-state index is 12.6. The fourth-order valence-corrected chi connectivity index (χ4v) is 3.29. The number of hydrogen-bond donors (Lipinski definition) is 2. The third-order valence-corrected chi connectivity index (χ3v) is 4.82. The lowest BCUT2D eigenvalue weighted by molar-refractivity contribution is -0.239. The number of ether oxygens (including phenoxy) is 1. The van der Waals surface area contributed by atoms with E-state index in [4.69, 9.17) is 4.74 Å². The van der Waals surface area contributed by atoms with Crippen LogP contribution in [0.25, 0.3) is 0 Å². The molecule has 0 spiro atoms. The Morgan fingerprint density at radius 3 is 2.47 bits per heavy atom. The van der Waals surface area contributed by atoms with E-state index in [2.05, 4.69) is 9.88 Å². The highest BCUT2D eigenvalue weighted by Crippen LogP contribution is 2.20. The smallest absolute Gasteiger partial charge is 0.296 e. The van der Waals surface area contributed by atoms with Gasteiger partial charge in [0.2, 0.25) is 6.41 Å². The minimum absolute atomic E-state index is 0.0932. The van der Waals surface area contributed by atoms with E-state index in [9.17, 15) is 15.1 Å². The van der Waals surface area contributed by atoms with Gasteiger partial charge in [-0.1, -0.05) is 30.3 Å². The second kappa shape index (κ2) is 9.53. The Morgan fingerprint density at radius 2 is 1.83 bits per heavy atom. The van der Waals surface area contributed by atoms with Crippen LogP contribution in [0, 0.1) is 0 Å². The van der Waals surface area contributed by atoms with Gasteiger partial charge < -0.3 is 14.7 Å². The average Bonchev–Trinajstić information content (AvgIpc) is 2.73. The van der Waals surface area contributed by atoms with Gasteiger partial charge in [-0.15, -0.1) is 0 Å². The number of carbonyl (C=O) groups is 1. The Labute approximate surface area is 177 Å². The number of hydroxylamine groups is 2. The van der Waals surface area contributed by atoms with E-state index < -0.39 is 17.9 Å². The lowest BCUT2D eigenvalue weighted by Gasteiger charge is -2.39. The summed E-state index contributed by atoms with van der Waals surface area (Å²) in [7, 11) is 0. The number of hydrogen-bond acceptors (Lipinski definition) is 7. The molecule has 1 atom stereocenters. The largest absolute Gasteiger partial charge is 0.369 e. The van der Waals surface area contributed by atoms with Gasteiger partial charge in [0.25, 0.3) is 5.91 Å². The van der Waals surface area contributed by atoms with E-state index >= 15 is 0 Å². The summed E-state index contributed by atoms with van der Waals surface area (Å²) >= 11 is 0. The van der Waals surface area contributed by atoms with Crippen LogP contribution < -0.4 is 4.90 Å². The number of rotatable bonds is 6. The van der Waals surface area contributed by atoms with Crippen molar-refractivity contribution in [3.63, 3.8) is 0 Å². The Kier molecular flexibility index (Phi) is 7.04. The van der Waals surface area contributed by atoms with Gasteiger partial charge in [-0.05, 0) is 38.5 Å². The zero-order valence-corrected chi connectivity index (χ0v) is 17.7. The van der Waals surface area contributed by atoms with Gasteiger partial charge in [-0.2, -0.15) is 0 Å². The van der Waals surface area contributed by atoms with Crippen LogP contribution in [0.1, 0.15) is 36.8 Å². The van der Waals surface area contributed by atoms with Crippen molar-refractivity contribution in [2.45, 2.75) is 39.3 Å². The highest BCUT2D eigenvalue weighted by Gasteiger charge is 2.27. The topological polar surface area (TPSA) is 89.4 Å². The quantitative estimate of drug-likeness (QED) is 0.426. The first-order valence-electron chi connectivity index (χ1n) is 10.1. The lowest BCUT2D eigenvalue weighted by atomic mass is 10.2. The predicted octanol–water partition coefficient (Wildman–Crippen LogP) is 2.33. The first kappa shape index (κ1) is 22.2. The SMILES string of the molecule is CC(C)(C)OC(O)N1CCN(c2ccnc(C(=O)N(O)Cc3ccccc3)c2)CC1. The molecule has 30 heavy (non-hydrogen) atoms. The molecule has 8 nitrogen and oxygen atoms in total. The Bertz CT molecular complexity index is 833. The molecule has 8 heteroatoms. The van der Waals surface area contributed by atoms with Crippen molar-refractivity contribution < 1.29 is 19.8 Å². The molecule has 1 saturated heterocycles. The van der Waals surface area contributed by atoms with E-state index in [0.29, 0.717) is 31.2 Å². The third-order valence-electron chi connectivity index (χ3n) is 4.82. The third kappa shape index (κ3) is 5.99. The number of pyridine rings is 1. The monoisotopic (exact) mass is 414 g/mol. The molecule has 0 radical (unpaired) electrons. The number of carbonyl (C=O) groups excluding carboxylic acids is 1. The average molecular weight is 415 g/mol. The van der Waals surface area contributed by atoms with Crippen LogP contribution in [-0.4, -0.2) is 69.4 Å². The van der Waals surface area contributed by atoms with Crippen LogP contribution in [0.2, 0.25) is 0 Å². The Morgan fingerprint density at radius 1 is 1.17 bits per heavy atom. The molecule has 2 heterocycles. The van der Waals surface area contributed by atoms with Gasteiger partial charge in [-0.25, -0.2) is 5.06 Å². The summed E-state index contributed by atoms with van der Waals surface area (Å²) < 4.78 is 5.62. The summed E-state index contributed by atoms with van der Waals surface area (Å²) in [6.07, 6.45) is 0.630. The van der Waals surface area contributed by atoms with Crippen LogP contribution in [0.15, 0.2) is 48.7 Å². The molecular weight excluding hydrogens is 384 g/mol. The van der Waals surface area contributed by atoms with E-state index in [1.54, 1.807) is 12.3 Å². The fourth-order valence-electron chi connectivity index (χ4n) is 3.29. The summed E-state index contributed by atoms with van der Waals surface area (Å²) in [4.78, 5) is 20.7. The number of aromatic nitrogens is 1. The molecule has 0 bridgehead atoms. The predicted molar refractivity (Wildman–Crippen MR) is 113 cm³/mol. The highest BCUT2D eigenvalue weighted by molar-refractivity contribution is 5.92. The molecular formula is C22H30N4O4. The molecule has 1 aliphatic heterocycles. The summed E-state index contributed by atoms with van der Waals surface area (Å²) in [5.74, 6) is -0.548. The molecule has 1 unspecified atom stereocenters. The van der Waals surface area contributed by atoms with Gasteiger partial charge in [0.1, 0.15) is 5.69 Å². The zero-order chi connectivity index (χ0) is 21.7. The van der Waals surface area contributed by atoms with Crippen LogP contribution >= 0.6 is 0 Å². The van der Waals surface area contributed by atoms with Gasteiger partial charge in [-0.3, -0.25) is 19.9 Å². The number of benzene rings is 1. The van der Waals surface area contributed by atoms with E-state index in [1.165, 1.54) is 0 Å². The van der Waals surface area contributed by atoms with E-state index in [0.717, 1.165) is 11.3 Å². The van der Waals surface area contributed by atoms with Crippen LogP contribution in [0.4, 0.5) is 5.69 Å². The zero-order valence-electron chi connectivity index (χ0n) is 17.7. The first-order valence-corrected chi connectivity index (χ1v) is 10.1. The Balaban J connectivity index is 1.60. The van der Waals surface area contributed by atoms with E-state index in [1.807, 2.05) is 62.1 Å². The van der Waals surface area contributed by atoms with Crippen molar-refractivity contribution in [3.8, 4) is 0 Å². The molecule has 1 fully saturated rings. The number of amides is 1. The molecule has 2 aromatic rings. The number of nitrogens with zero attached hydrogens (tertiary/aromatic N) is 4. The number of piperazine rings is 1. The normalized spacial score (nSPS) is 16.4. The second-order valence-corrected chi connectivity index (χ2v) is 8.33. The molecule has 162 valence electrons. The molecule has 1 aromatic carbocycles. The molecule has 1 amide bonds. The number of aliphatic hydroxyl groups is 1. The summed E-state index contributed by atoms with van der Waals surface area (Å²) in [6, 6.07) is 12.8. The van der Waals surface area contributed by atoms with Gasteiger partial charge in [0.05, 0.1) is 12.1 Å². The minimum Gasteiger partial charge on any atom is -0.369 e. The molecule has 1 aliphatic rings. The van der Waals surface area contributed by atoms with Crippen molar-refractivity contribution in [3.05, 3.63) is 59.9 Å². The van der Waals surface area contributed by atoms with Crippen molar-refractivity contribution in [1.29, 1.82) is 0 Å². The standard InChI is InChI=1S/C22H30N4O4/c1-22(2,3)30-21(28)25-13-11-24(12-14-25)18-9-10-23-19(15-18)20(27)26(29)16-17-7-5-4-6-8-17/h4-10,15,21,28-29H,11-14,16H2,1-3H3. The highest BCUT2D eigenvalue weighted by atomic mass is 16.6. The van der Waals surface area contributed by atoms with Crippen molar-refractivity contribution in [2.24, 2.45) is 0 Å².